The summed E-state index contributed by atoms with van der Waals surface area (Å²) < 4.78 is 5.43. The number of rotatable bonds is 3. The van der Waals surface area contributed by atoms with Gasteiger partial charge in [0.25, 0.3) is 0 Å². The third kappa shape index (κ3) is 4.09. The average molecular weight is 338 g/mol. The van der Waals surface area contributed by atoms with E-state index in [4.69, 9.17) is 11.6 Å². The van der Waals surface area contributed by atoms with Crippen molar-refractivity contribution in [1.82, 2.24) is 0 Å². The van der Waals surface area contributed by atoms with E-state index >= 15 is 0 Å². The number of ether oxygens (including phenoxy) is 1. The van der Waals surface area contributed by atoms with Crippen LogP contribution in [0.2, 0.25) is 5.02 Å². The van der Waals surface area contributed by atoms with Crippen LogP contribution in [0.4, 0.5) is 5.69 Å². The largest absolute Gasteiger partial charge is 0.466 e. The Morgan fingerprint density at radius 2 is 2.33 bits per heavy atom. The van der Waals surface area contributed by atoms with Crippen molar-refractivity contribution < 1.29 is 9.53 Å². The first kappa shape index (κ1) is 12.3. The predicted octanol–water partition coefficient (Wildman–Crippen LogP) is 3.04. The monoisotopic (exact) mass is 337 g/mol. The van der Waals surface area contributed by atoms with Crippen LogP contribution in [0.1, 0.15) is 0 Å². The molecule has 3 nitrogen and oxygen atoms in total. The van der Waals surface area contributed by atoms with Gasteiger partial charge in [-0.3, -0.25) is 0 Å². The topological polar surface area (TPSA) is 38.3 Å². The number of halogens is 2. The summed E-state index contributed by atoms with van der Waals surface area (Å²) in [4.78, 5) is 10.8. The molecule has 1 aromatic carbocycles. The molecule has 0 atom stereocenters. The van der Waals surface area contributed by atoms with E-state index in [0.29, 0.717) is 5.02 Å². The molecule has 0 saturated heterocycles. The van der Waals surface area contributed by atoms with Crippen molar-refractivity contribution >= 4 is 45.8 Å². The lowest BCUT2D eigenvalue weighted by atomic mass is 10.3. The lowest BCUT2D eigenvalue weighted by molar-refractivity contribution is -0.134. The minimum absolute atomic E-state index is 0.397. The second-order valence-corrected chi connectivity index (χ2v) is 4.22. The molecule has 0 heterocycles. The van der Waals surface area contributed by atoms with Gasteiger partial charge < -0.3 is 10.1 Å². The van der Waals surface area contributed by atoms with E-state index in [1.54, 1.807) is 6.07 Å². The maximum Gasteiger partial charge on any atom is 0.331 e. The van der Waals surface area contributed by atoms with Crippen molar-refractivity contribution in [3.8, 4) is 0 Å². The van der Waals surface area contributed by atoms with Crippen molar-refractivity contribution in [2.24, 2.45) is 0 Å². The molecular formula is C10H9ClINO2. The molecule has 1 N–H and O–H groups in total. The number of anilines is 1. The lowest BCUT2D eigenvalue weighted by Gasteiger charge is -2.03. The summed E-state index contributed by atoms with van der Waals surface area (Å²) in [6.45, 7) is 0. The fourth-order valence-corrected chi connectivity index (χ4v) is 1.90. The van der Waals surface area contributed by atoms with Gasteiger partial charge in [-0.2, -0.15) is 0 Å². The Kier molecular flexibility index (Phi) is 4.90. The van der Waals surface area contributed by atoms with Crippen molar-refractivity contribution in [1.29, 1.82) is 0 Å². The van der Waals surface area contributed by atoms with Crippen molar-refractivity contribution in [2.75, 3.05) is 12.4 Å². The second kappa shape index (κ2) is 5.97. The Labute approximate surface area is 107 Å². The number of hydrogen-bond donors (Lipinski definition) is 1. The summed E-state index contributed by atoms with van der Waals surface area (Å²) in [7, 11) is 1.33. The van der Waals surface area contributed by atoms with Gasteiger partial charge in [-0.25, -0.2) is 4.79 Å². The molecule has 0 radical (unpaired) electrons. The third-order valence-corrected chi connectivity index (χ3v) is 2.72. The first-order chi connectivity index (χ1) is 7.13. The highest BCUT2D eigenvalue weighted by Gasteiger charge is 1.98. The minimum Gasteiger partial charge on any atom is -0.466 e. The molecule has 0 fully saturated rings. The van der Waals surface area contributed by atoms with E-state index < -0.39 is 5.97 Å². The van der Waals surface area contributed by atoms with Gasteiger partial charge in [-0.15, -0.1) is 0 Å². The summed E-state index contributed by atoms with van der Waals surface area (Å²) in [6, 6.07) is 5.44. The molecule has 0 aliphatic heterocycles. The van der Waals surface area contributed by atoms with E-state index in [-0.39, 0.29) is 0 Å². The highest BCUT2D eigenvalue weighted by molar-refractivity contribution is 14.1. The van der Waals surface area contributed by atoms with Crippen LogP contribution < -0.4 is 5.32 Å². The van der Waals surface area contributed by atoms with Crippen LogP contribution in [-0.4, -0.2) is 13.1 Å². The maximum atomic E-state index is 10.8. The SMILES string of the molecule is COC(=O)/C=C/Nc1ccc(Cl)cc1I. The van der Waals surface area contributed by atoms with E-state index in [9.17, 15) is 4.79 Å². The lowest BCUT2D eigenvalue weighted by Crippen LogP contribution is -1.97. The zero-order valence-corrected chi connectivity index (χ0v) is 10.9. The Bertz CT molecular complexity index is 393. The van der Waals surface area contributed by atoms with Crippen LogP contribution in [-0.2, 0) is 9.53 Å². The van der Waals surface area contributed by atoms with Crippen LogP contribution in [0.15, 0.2) is 30.5 Å². The summed E-state index contributed by atoms with van der Waals surface area (Å²) in [6.07, 6.45) is 2.84. The first-order valence-corrected chi connectivity index (χ1v) is 5.55. The van der Waals surface area contributed by atoms with Gasteiger partial charge in [0.2, 0.25) is 0 Å². The average Bonchev–Trinajstić information content (AvgIpc) is 2.21. The summed E-state index contributed by atoms with van der Waals surface area (Å²) in [5.41, 5.74) is 0.889. The van der Waals surface area contributed by atoms with Gasteiger partial charge in [0.15, 0.2) is 0 Å². The molecule has 15 heavy (non-hydrogen) atoms. The van der Waals surface area contributed by atoms with E-state index in [2.05, 4.69) is 32.6 Å². The maximum absolute atomic E-state index is 10.8. The molecule has 80 valence electrons. The van der Waals surface area contributed by atoms with E-state index in [1.807, 2.05) is 12.1 Å². The molecular weight excluding hydrogens is 328 g/mol. The Balaban J connectivity index is 2.65. The fourth-order valence-electron chi connectivity index (χ4n) is 0.874. The summed E-state index contributed by atoms with van der Waals surface area (Å²) in [5.74, 6) is -0.397. The molecule has 1 rings (SSSR count). The molecule has 0 saturated carbocycles. The quantitative estimate of drug-likeness (QED) is 0.523. The molecule has 0 aliphatic carbocycles. The van der Waals surface area contributed by atoms with E-state index in [1.165, 1.54) is 19.4 Å². The van der Waals surface area contributed by atoms with Gasteiger partial charge in [0.05, 0.1) is 12.8 Å². The minimum atomic E-state index is -0.397. The van der Waals surface area contributed by atoms with Crippen LogP contribution in [0.5, 0.6) is 0 Å². The Hall–Kier alpha value is -0.750. The highest BCUT2D eigenvalue weighted by atomic mass is 127. The predicted molar refractivity (Wildman–Crippen MR) is 68.9 cm³/mol. The zero-order valence-electron chi connectivity index (χ0n) is 7.96. The van der Waals surface area contributed by atoms with Crippen molar-refractivity contribution in [3.05, 3.63) is 39.1 Å². The molecule has 5 heteroatoms. The van der Waals surface area contributed by atoms with Crippen LogP contribution in [0, 0.1) is 3.57 Å². The van der Waals surface area contributed by atoms with E-state index in [0.717, 1.165) is 9.26 Å². The molecule has 0 amide bonds. The third-order valence-electron chi connectivity index (χ3n) is 1.59. The van der Waals surface area contributed by atoms with Crippen molar-refractivity contribution in [3.63, 3.8) is 0 Å². The van der Waals surface area contributed by atoms with Crippen LogP contribution in [0.3, 0.4) is 0 Å². The molecule has 0 aromatic heterocycles. The van der Waals surface area contributed by atoms with Gasteiger partial charge in [0.1, 0.15) is 0 Å². The number of carbonyl (C=O) groups excluding carboxylic acids is 1. The number of methoxy groups -OCH3 is 1. The molecule has 0 aliphatic rings. The Morgan fingerprint density at radius 3 is 2.93 bits per heavy atom. The van der Waals surface area contributed by atoms with Crippen LogP contribution in [0.25, 0.3) is 0 Å². The molecule has 1 aromatic rings. The number of hydrogen-bond acceptors (Lipinski definition) is 3. The van der Waals surface area contributed by atoms with Gasteiger partial charge in [-0.05, 0) is 40.8 Å². The zero-order chi connectivity index (χ0) is 11.3. The number of nitrogens with one attached hydrogen (secondary N) is 1. The standard InChI is InChI=1S/C10H9ClINO2/c1-15-10(14)4-5-13-9-3-2-7(11)6-8(9)12/h2-6,13H,1H3/b5-4+. The van der Waals surface area contributed by atoms with Gasteiger partial charge in [-0.1, -0.05) is 11.6 Å². The Morgan fingerprint density at radius 1 is 1.60 bits per heavy atom. The van der Waals surface area contributed by atoms with Gasteiger partial charge in [0, 0.05) is 20.9 Å². The number of benzene rings is 1. The summed E-state index contributed by atoms with van der Waals surface area (Å²) in [5, 5.41) is 3.64. The van der Waals surface area contributed by atoms with Gasteiger partial charge >= 0.3 is 5.97 Å². The summed E-state index contributed by atoms with van der Waals surface area (Å²) >= 11 is 7.95. The molecule has 0 spiro atoms. The number of carbonyl (C=O) groups is 1. The fraction of sp³-hybridized carbons (Fsp3) is 0.100. The second-order valence-electron chi connectivity index (χ2n) is 2.62. The normalized spacial score (nSPS) is 10.3. The smallest absolute Gasteiger partial charge is 0.331 e. The first-order valence-electron chi connectivity index (χ1n) is 4.09. The molecule has 0 unspecified atom stereocenters. The highest BCUT2D eigenvalue weighted by Crippen LogP contribution is 2.22. The van der Waals surface area contributed by atoms with Crippen molar-refractivity contribution in [2.45, 2.75) is 0 Å². The number of esters is 1. The van der Waals surface area contributed by atoms with Crippen LogP contribution >= 0.6 is 34.2 Å². The molecule has 0 bridgehead atoms.